The van der Waals surface area contributed by atoms with Gasteiger partial charge in [-0.05, 0) is 47.7 Å². The van der Waals surface area contributed by atoms with Gasteiger partial charge in [0.2, 0.25) is 6.79 Å². The maximum absolute atomic E-state index is 12.8. The Morgan fingerprint density at radius 2 is 1.79 bits per heavy atom. The summed E-state index contributed by atoms with van der Waals surface area (Å²) in [5.41, 5.74) is 1.47. The highest BCUT2D eigenvalue weighted by molar-refractivity contribution is 7.90. The zero-order chi connectivity index (χ0) is 16.7. The standard InChI is InChI=1S/C15H12N4O4S/c1-10-2-5-12(6-3-10)24(20,21)19-15(16-17-18-19)11-4-7-13-14(8-11)23-9-22-13/h2-8H,9H2,1H3. The van der Waals surface area contributed by atoms with Gasteiger partial charge in [0.15, 0.2) is 17.3 Å². The van der Waals surface area contributed by atoms with Crippen LogP contribution in [0.5, 0.6) is 11.5 Å². The summed E-state index contributed by atoms with van der Waals surface area (Å²) >= 11 is 0. The second-order valence-electron chi connectivity index (χ2n) is 5.23. The maximum atomic E-state index is 12.8. The van der Waals surface area contributed by atoms with Gasteiger partial charge in [0.05, 0.1) is 4.90 Å². The van der Waals surface area contributed by atoms with Crippen LogP contribution < -0.4 is 9.47 Å². The SMILES string of the molecule is Cc1ccc(S(=O)(=O)n2nnnc2-c2ccc3c(c2)OCO3)cc1. The van der Waals surface area contributed by atoms with Crippen molar-refractivity contribution in [2.24, 2.45) is 0 Å². The van der Waals surface area contributed by atoms with Crippen LogP contribution in [0.3, 0.4) is 0 Å². The molecule has 122 valence electrons. The van der Waals surface area contributed by atoms with Gasteiger partial charge >= 0.3 is 0 Å². The maximum Gasteiger partial charge on any atom is 0.286 e. The second-order valence-corrected chi connectivity index (χ2v) is 7.00. The fraction of sp³-hybridized carbons (Fsp3) is 0.133. The predicted octanol–water partition coefficient (Wildman–Crippen LogP) is 1.61. The normalized spacial score (nSPS) is 13.2. The van der Waals surface area contributed by atoms with Crippen molar-refractivity contribution in [3.05, 3.63) is 48.0 Å². The third-order valence-corrected chi connectivity index (χ3v) is 5.19. The van der Waals surface area contributed by atoms with E-state index in [1.165, 1.54) is 12.1 Å². The molecule has 2 heterocycles. The van der Waals surface area contributed by atoms with Gasteiger partial charge in [-0.25, -0.2) is 0 Å². The monoisotopic (exact) mass is 344 g/mol. The molecule has 9 heteroatoms. The molecule has 1 aromatic heterocycles. The van der Waals surface area contributed by atoms with Crippen LogP contribution >= 0.6 is 0 Å². The zero-order valence-electron chi connectivity index (χ0n) is 12.6. The van der Waals surface area contributed by atoms with E-state index in [0.29, 0.717) is 17.1 Å². The van der Waals surface area contributed by atoms with Gasteiger partial charge in [0.1, 0.15) is 0 Å². The Morgan fingerprint density at radius 1 is 1.04 bits per heavy atom. The van der Waals surface area contributed by atoms with Gasteiger partial charge in [-0.2, -0.15) is 8.42 Å². The van der Waals surface area contributed by atoms with Crippen molar-refractivity contribution in [1.29, 1.82) is 0 Å². The minimum absolute atomic E-state index is 0.105. The van der Waals surface area contributed by atoms with Crippen LogP contribution in [0.15, 0.2) is 47.4 Å². The summed E-state index contributed by atoms with van der Waals surface area (Å²) in [6.45, 7) is 2.01. The number of fused-ring (bicyclic) bond motifs is 1. The lowest BCUT2D eigenvalue weighted by Crippen LogP contribution is -2.16. The molecule has 8 nitrogen and oxygen atoms in total. The molecule has 0 N–H and O–H groups in total. The molecule has 0 saturated heterocycles. The Morgan fingerprint density at radius 3 is 2.58 bits per heavy atom. The number of nitrogens with zero attached hydrogens (tertiary/aromatic N) is 4. The van der Waals surface area contributed by atoms with E-state index >= 15 is 0 Å². The smallest absolute Gasteiger partial charge is 0.286 e. The van der Waals surface area contributed by atoms with E-state index in [0.717, 1.165) is 9.65 Å². The van der Waals surface area contributed by atoms with E-state index in [2.05, 4.69) is 15.5 Å². The third-order valence-electron chi connectivity index (χ3n) is 3.62. The summed E-state index contributed by atoms with van der Waals surface area (Å²) in [7, 11) is -3.90. The van der Waals surface area contributed by atoms with Crippen LogP contribution in [0.4, 0.5) is 0 Å². The Bertz CT molecular complexity index is 1010. The first-order valence-electron chi connectivity index (χ1n) is 7.06. The number of benzene rings is 2. The summed E-state index contributed by atoms with van der Waals surface area (Å²) in [5.74, 6) is 1.22. The highest BCUT2D eigenvalue weighted by Crippen LogP contribution is 2.35. The summed E-state index contributed by atoms with van der Waals surface area (Å²) in [6, 6.07) is 11.5. The molecule has 24 heavy (non-hydrogen) atoms. The van der Waals surface area contributed by atoms with Gasteiger partial charge in [-0.15, -0.1) is 9.19 Å². The molecule has 0 spiro atoms. The third kappa shape index (κ3) is 2.29. The fourth-order valence-electron chi connectivity index (χ4n) is 2.36. The van der Waals surface area contributed by atoms with E-state index in [9.17, 15) is 8.42 Å². The highest BCUT2D eigenvalue weighted by Gasteiger charge is 2.25. The second kappa shape index (κ2) is 5.31. The summed E-state index contributed by atoms with van der Waals surface area (Å²) in [5, 5.41) is 11.0. The largest absolute Gasteiger partial charge is 0.454 e. The van der Waals surface area contributed by atoms with Crippen LogP contribution in [-0.2, 0) is 10.0 Å². The quantitative estimate of drug-likeness (QED) is 0.712. The minimum Gasteiger partial charge on any atom is -0.454 e. The van der Waals surface area contributed by atoms with Crippen LogP contribution in [0.25, 0.3) is 11.4 Å². The number of ether oxygens (including phenoxy) is 2. The molecule has 2 aromatic carbocycles. The minimum atomic E-state index is -3.90. The lowest BCUT2D eigenvalue weighted by molar-refractivity contribution is 0.174. The van der Waals surface area contributed by atoms with Crippen LogP contribution in [0.2, 0.25) is 0 Å². The molecule has 0 amide bonds. The first-order chi connectivity index (χ1) is 11.6. The molecule has 0 radical (unpaired) electrons. The van der Waals surface area contributed by atoms with Crippen molar-refractivity contribution in [3.8, 4) is 22.9 Å². The molecular formula is C15H12N4O4S. The molecule has 4 rings (SSSR count). The van der Waals surface area contributed by atoms with Gasteiger partial charge in [-0.1, -0.05) is 17.7 Å². The lowest BCUT2D eigenvalue weighted by atomic mass is 10.2. The van der Waals surface area contributed by atoms with Crippen LogP contribution in [0, 0.1) is 6.92 Å². The molecule has 0 aliphatic carbocycles. The van der Waals surface area contributed by atoms with E-state index < -0.39 is 10.0 Å². The summed E-state index contributed by atoms with van der Waals surface area (Å²) in [4.78, 5) is 0.113. The van der Waals surface area contributed by atoms with Crippen molar-refractivity contribution >= 4 is 10.0 Å². The molecule has 1 aliphatic heterocycles. The van der Waals surface area contributed by atoms with Gasteiger partial charge in [0, 0.05) is 5.56 Å². The highest BCUT2D eigenvalue weighted by atomic mass is 32.2. The summed E-state index contributed by atoms with van der Waals surface area (Å²) < 4.78 is 37.0. The number of aryl methyl sites for hydroxylation is 1. The molecule has 3 aromatic rings. The number of hydrogen-bond acceptors (Lipinski definition) is 7. The molecule has 0 saturated carbocycles. The Hall–Kier alpha value is -2.94. The zero-order valence-corrected chi connectivity index (χ0v) is 13.4. The topological polar surface area (TPSA) is 96.2 Å². The number of tetrazole rings is 1. The van der Waals surface area contributed by atoms with Crippen molar-refractivity contribution < 1.29 is 17.9 Å². The molecule has 0 bridgehead atoms. The number of rotatable bonds is 3. The van der Waals surface area contributed by atoms with Crippen LogP contribution in [0.1, 0.15) is 5.56 Å². The lowest BCUT2D eigenvalue weighted by Gasteiger charge is -2.07. The fourth-order valence-corrected chi connectivity index (χ4v) is 3.53. The van der Waals surface area contributed by atoms with E-state index in [-0.39, 0.29) is 17.5 Å². The van der Waals surface area contributed by atoms with Gasteiger partial charge in [0.25, 0.3) is 10.0 Å². The average Bonchev–Trinajstić information content (AvgIpc) is 3.24. The summed E-state index contributed by atoms with van der Waals surface area (Å²) in [6.07, 6.45) is 0. The van der Waals surface area contributed by atoms with Crippen molar-refractivity contribution in [2.75, 3.05) is 6.79 Å². The Labute approximate surface area is 137 Å². The van der Waals surface area contributed by atoms with E-state index in [1.54, 1.807) is 30.3 Å². The Balaban J connectivity index is 1.81. The molecular weight excluding hydrogens is 332 g/mol. The molecule has 0 unspecified atom stereocenters. The average molecular weight is 344 g/mol. The first kappa shape index (κ1) is 14.6. The van der Waals surface area contributed by atoms with Gasteiger partial charge in [-0.3, -0.25) is 0 Å². The first-order valence-corrected chi connectivity index (χ1v) is 8.50. The van der Waals surface area contributed by atoms with Crippen molar-refractivity contribution in [3.63, 3.8) is 0 Å². The Kier molecular flexibility index (Phi) is 3.24. The van der Waals surface area contributed by atoms with Crippen LogP contribution in [-0.4, -0.2) is 34.8 Å². The van der Waals surface area contributed by atoms with Gasteiger partial charge < -0.3 is 9.47 Å². The van der Waals surface area contributed by atoms with Crippen molar-refractivity contribution in [1.82, 2.24) is 19.6 Å². The number of aromatic nitrogens is 4. The van der Waals surface area contributed by atoms with Crippen molar-refractivity contribution in [2.45, 2.75) is 11.8 Å². The molecule has 0 atom stereocenters. The predicted molar refractivity (Wildman–Crippen MR) is 83.1 cm³/mol. The van der Waals surface area contributed by atoms with E-state index in [1.807, 2.05) is 6.92 Å². The number of hydrogen-bond donors (Lipinski definition) is 0. The molecule has 1 aliphatic rings. The van der Waals surface area contributed by atoms with E-state index in [4.69, 9.17) is 9.47 Å². The molecule has 0 fully saturated rings.